The van der Waals surface area contributed by atoms with E-state index in [4.69, 9.17) is 4.74 Å². The van der Waals surface area contributed by atoms with E-state index in [0.717, 1.165) is 19.3 Å². The number of carbonyl (C=O) groups is 3. The molecule has 0 radical (unpaired) electrons. The Morgan fingerprint density at radius 2 is 1.93 bits per heavy atom. The largest absolute Gasteiger partial charge is 0.445 e. The van der Waals surface area contributed by atoms with Gasteiger partial charge in [-0.15, -0.1) is 0 Å². The van der Waals surface area contributed by atoms with Crippen molar-refractivity contribution in [1.82, 2.24) is 15.5 Å². The van der Waals surface area contributed by atoms with Crippen LogP contribution in [0, 0.1) is 11.8 Å². The van der Waals surface area contributed by atoms with Crippen LogP contribution in [0.2, 0.25) is 0 Å². The summed E-state index contributed by atoms with van der Waals surface area (Å²) in [6.45, 7) is 12.6. The fraction of sp³-hybridized carbons (Fsp3) is 0.783. The minimum Gasteiger partial charge on any atom is -0.445 e. The van der Waals surface area contributed by atoms with E-state index in [1.807, 2.05) is 40.7 Å². The molecular weight excluding hydrogens is 382 g/mol. The Hall–Kier alpha value is -1.73. The van der Waals surface area contributed by atoms with E-state index < -0.39 is 17.2 Å². The monoisotopic (exact) mass is 421 g/mol. The number of nitrogens with zero attached hydrogens (tertiary/aromatic N) is 1. The maximum absolute atomic E-state index is 13.3. The molecular formula is C23H39N3O4. The molecule has 0 saturated carbocycles. The fourth-order valence-electron chi connectivity index (χ4n) is 4.39. The number of Topliss-reactive ketones (excluding diaryl/α,β-unsaturated/α-hetero) is 2. The van der Waals surface area contributed by atoms with Crippen molar-refractivity contribution in [2.75, 3.05) is 26.2 Å². The highest BCUT2D eigenvalue weighted by Gasteiger charge is 2.52. The molecule has 2 N–H and O–H groups in total. The maximum atomic E-state index is 13.3. The van der Waals surface area contributed by atoms with Gasteiger partial charge >= 0.3 is 6.09 Å². The van der Waals surface area contributed by atoms with Crippen molar-refractivity contribution in [3.05, 3.63) is 12.2 Å². The van der Waals surface area contributed by atoms with E-state index in [9.17, 15) is 14.4 Å². The molecule has 1 saturated heterocycles. The van der Waals surface area contributed by atoms with E-state index in [2.05, 4.69) is 23.6 Å². The van der Waals surface area contributed by atoms with Crippen LogP contribution < -0.4 is 10.6 Å². The smallest absolute Gasteiger partial charge is 0.410 e. The molecule has 3 heterocycles. The normalized spacial score (nSPS) is 31.6. The summed E-state index contributed by atoms with van der Waals surface area (Å²) in [6.07, 6.45) is 6.08. The zero-order chi connectivity index (χ0) is 22.5. The molecule has 170 valence electrons. The number of nitrogens with one attached hydrogen (secondary N) is 2. The third kappa shape index (κ3) is 5.91. The van der Waals surface area contributed by atoms with Crippen LogP contribution in [0.25, 0.3) is 0 Å². The van der Waals surface area contributed by atoms with Gasteiger partial charge < -0.3 is 15.0 Å². The molecule has 1 amide bonds. The fourth-order valence-corrected chi connectivity index (χ4v) is 4.39. The number of ether oxygens (including phenoxy) is 1. The summed E-state index contributed by atoms with van der Waals surface area (Å²) >= 11 is 0. The molecule has 7 heteroatoms. The first-order valence-corrected chi connectivity index (χ1v) is 11.2. The molecule has 3 rings (SSSR count). The minimum absolute atomic E-state index is 0.0210. The SMILES string of the molecule is CC1C=CCOC(=O)N2CC(C(=O)C(C)C)(C2)NCC(=O)[C@@](C)(NC(C)C)CCC1. The second-order valence-electron chi connectivity index (χ2n) is 9.74. The molecule has 0 aliphatic carbocycles. The van der Waals surface area contributed by atoms with Gasteiger partial charge in [-0.05, 0) is 39.5 Å². The summed E-state index contributed by atoms with van der Waals surface area (Å²) in [5.41, 5.74) is -1.55. The van der Waals surface area contributed by atoms with Gasteiger partial charge in [0.05, 0.1) is 25.2 Å². The van der Waals surface area contributed by atoms with Gasteiger partial charge in [0.1, 0.15) is 12.1 Å². The molecule has 0 spiro atoms. The van der Waals surface area contributed by atoms with Crippen LogP contribution in [0.5, 0.6) is 0 Å². The molecule has 30 heavy (non-hydrogen) atoms. The van der Waals surface area contributed by atoms with Crippen molar-refractivity contribution in [3.63, 3.8) is 0 Å². The molecule has 0 aromatic heterocycles. The summed E-state index contributed by atoms with van der Waals surface area (Å²) in [7, 11) is 0. The number of fused-ring (bicyclic) bond motifs is 11. The number of rotatable bonds is 4. The second-order valence-corrected chi connectivity index (χ2v) is 9.74. The predicted molar refractivity (Wildman–Crippen MR) is 117 cm³/mol. The van der Waals surface area contributed by atoms with Crippen molar-refractivity contribution in [2.24, 2.45) is 11.8 Å². The first kappa shape index (κ1) is 24.5. The third-order valence-corrected chi connectivity index (χ3v) is 6.09. The Kier molecular flexibility index (Phi) is 8.22. The number of hydrogen-bond donors (Lipinski definition) is 2. The van der Waals surface area contributed by atoms with Gasteiger partial charge in [-0.2, -0.15) is 0 Å². The van der Waals surface area contributed by atoms with Gasteiger partial charge in [0.25, 0.3) is 0 Å². The van der Waals surface area contributed by atoms with E-state index in [0.29, 0.717) is 5.92 Å². The standard InChI is InChI=1S/C23H39N3O4/c1-16(2)20(28)23-14-26(15-23)21(29)30-12-8-10-18(5)9-7-11-22(6,25-17(3)4)19(27)13-24-23/h8,10,16-18,24-25H,7,9,11-15H2,1-6H3/t18?,22-/m0/s1. The van der Waals surface area contributed by atoms with E-state index in [1.165, 1.54) is 4.90 Å². The van der Waals surface area contributed by atoms with Crippen molar-refractivity contribution in [2.45, 2.75) is 77.9 Å². The zero-order valence-corrected chi connectivity index (χ0v) is 19.4. The van der Waals surface area contributed by atoms with Gasteiger partial charge in [-0.1, -0.05) is 39.3 Å². The third-order valence-electron chi connectivity index (χ3n) is 6.09. The summed E-state index contributed by atoms with van der Waals surface area (Å²) in [5, 5.41) is 6.68. The highest BCUT2D eigenvalue weighted by atomic mass is 16.6. The lowest BCUT2D eigenvalue weighted by Crippen LogP contribution is -2.75. The van der Waals surface area contributed by atoms with Crippen LogP contribution in [0.3, 0.4) is 0 Å². The number of allylic oxidation sites excluding steroid dienone is 1. The first-order valence-electron chi connectivity index (χ1n) is 11.2. The average Bonchev–Trinajstić information content (AvgIpc) is 2.62. The minimum atomic E-state index is -0.886. The number of hydrogen-bond acceptors (Lipinski definition) is 6. The van der Waals surface area contributed by atoms with E-state index >= 15 is 0 Å². The van der Waals surface area contributed by atoms with Gasteiger partial charge in [0, 0.05) is 12.0 Å². The molecule has 1 unspecified atom stereocenters. The predicted octanol–water partition coefficient (Wildman–Crippen LogP) is 2.69. The highest BCUT2D eigenvalue weighted by Crippen LogP contribution is 2.27. The van der Waals surface area contributed by atoms with E-state index in [1.54, 1.807) is 0 Å². The summed E-state index contributed by atoms with van der Waals surface area (Å²) in [5.74, 6) is 0.213. The van der Waals surface area contributed by atoms with Crippen molar-refractivity contribution >= 4 is 17.7 Å². The van der Waals surface area contributed by atoms with Crippen molar-refractivity contribution < 1.29 is 19.1 Å². The topological polar surface area (TPSA) is 87.7 Å². The highest BCUT2D eigenvalue weighted by molar-refractivity contribution is 5.95. The number of ketones is 2. The quantitative estimate of drug-likeness (QED) is 0.679. The maximum Gasteiger partial charge on any atom is 0.410 e. The van der Waals surface area contributed by atoms with Crippen LogP contribution in [0.1, 0.15) is 60.8 Å². The summed E-state index contributed by atoms with van der Waals surface area (Å²) in [6, 6.07) is 0.169. The zero-order valence-electron chi connectivity index (χ0n) is 19.4. The molecule has 0 aromatic carbocycles. The molecule has 2 atom stereocenters. The van der Waals surface area contributed by atoms with E-state index in [-0.39, 0.29) is 49.8 Å². The van der Waals surface area contributed by atoms with Gasteiger partial charge in [-0.3, -0.25) is 14.9 Å². The van der Waals surface area contributed by atoms with Gasteiger partial charge in [0.2, 0.25) is 0 Å². The van der Waals surface area contributed by atoms with Crippen molar-refractivity contribution in [1.29, 1.82) is 0 Å². The van der Waals surface area contributed by atoms with Gasteiger partial charge in [0.15, 0.2) is 11.6 Å². The molecule has 1 fully saturated rings. The first-order chi connectivity index (χ1) is 14.0. The Labute approximate surface area is 181 Å². The lowest BCUT2D eigenvalue weighted by Gasteiger charge is -2.49. The van der Waals surface area contributed by atoms with Crippen LogP contribution in [0.4, 0.5) is 4.79 Å². The van der Waals surface area contributed by atoms with Crippen LogP contribution in [0.15, 0.2) is 12.2 Å². The molecule has 3 aliphatic rings. The van der Waals surface area contributed by atoms with Crippen molar-refractivity contribution in [3.8, 4) is 0 Å². The average molecular weight is 422 g/mol. The lowest BCUT2D eigenvalue weighted by atomic mass is 9.79. The lowest BCUT2D eigenvalue weighted by molar-refractivity contribution is -0.136. The molecule has 0 aromatic rings. The number of amides is 1. The number of carbonyl (C=O) groups excluding carboxylic acids is 3. The van der Waals surface area contributed by atoms with Crippen LogP contribution in [-0.4, -0.2) is 65.9 Å². The molecule has 3 aliphatic heterocycles. The van der Waals surface area contributed by atoms with Gasteiger partial charge in [-0.25, -0.2) is 4.79 Å². The van der Waals surface area contributed by atoms with Crippen LogP contribution >= 0.6 is 0 Å². The Morgan fingerprint density at radius 1 is 1.27 bits per heavy atom. The second kappa shape index (κ2) is 10.1. The van der Waals surface area contributed by atoms with Crippen LogP contribution in [-0.2, 0) is 14.3 Å². The Balaban J connectivity index is 2.24. The molecule has 2 bridgehead atoms. The molecule has 7 nitrogen and oxygen atoms in total. The Bertz CT molecular complexity index is 667. The Morgan fingerprint density at radius 3 is 2.53 bits per heavy atom. The summed E-state index contributed by atoms with van der Waals surface area (Å²) < 4.78 is 5.31. The summed E-state index contributed by atoms with van der Waals surface area (Å²) in [4.78, 5) is 40.0.